The van der Waals surface area contributed by atoms with Crippen molar-refractivity contribution in [1.82, 2.24) is 0 Å². The van der Waals surface area contributed by atoms with Crippen LogP contribution in [0.5, 0.6) is 0 Å². The number of nitrogens with two attached hydrogens (primary N) is 1. The molecule has 2 rings (SSSR count). The molecule has 1 atom stereocenters. The zero-order valence-corrected chi connectivity index (χ0v) is 8.84. The van der Waals surface area contributed by atoms with Crippen LogP contribution in [0, 0.1) is 6.92 Å². The van der Waals surface area contributed by atoms with Crippen molar-refractivity contribution in [2.75, 3.05) is 6.61 Å². The number of fused-ring (bicyclic) bond motifs is 1. The van der Waals surface area contributed by atoms with Gasteiger partial charge in [0.05, 0.1) is 12.6 Å². The normalized spacial score (nSPS) is 13.4. The van der Waals surface area contributed by atoms with E-state index in [0.717, 1.165) is 5.56 Å². The molecule has 0 aliphatic rings. The highest BCUT2D eigenvalue weighted by Gasteiger charge is 2.14. The Kier molecular flexibility index (Phi) is 2.54. The second-order valence-corrected chi connectivity index (χ2v) is 4.61. The van der Waals surface area contributed by atoms with E-state index in [1.165, 1.54) is 15.0 Å². The smallest absolute Gasteiger partial charge is 0.0625 e. The van der Waals surface area contributed by atoms with Gasteiger partial charge in [0.2, 0.25) is 0 Å². The van der Waals surface area contributed by atoms with E-state index in [2.05, 4.69) is 19.1 Å². The highest BCUT2D eigenvalue weighted by molar-refractivity contribution is 7.19. The van der Waals surface area contributed by atoms with Gasteiger partial charge in [-0.3, -0.25) is 0 Å². The lowest BCUT2D eigenvalue weighted by Crippen LogP contribution is -2.14. The van der Waals surface area contributed by atoms with E-state index in [1.54, 1.807) is 11.3 Å². The highest BCUT2D eigenvalue weighted by Crippen LogP contribution is 2.33. The molecule has 3 N–H and O–H groups in total. The van der Waals surface area contributed by atoms with Crippen molar-refractivity contribution >= 4 is 21.4 Å². The van der Waals surface area contributed by atoms with E-state index in [1.807, 2.05) is 12.1 Å². The number of aliphatic hydroxyl groups is 1. The Morgan fingerprint density at radius 1 is 1.43 bits per heavy atom. The first-order valence-electron chi connectivity index (χ1n) is 4.58. The minimum atomic E-state index is -0.258. The number of thiophene rings is 1. The van der Waals surface area contributed by atoms with Gasteiger partial charge in [-0.15, -0.1) is 11.3 Å². The Balaban J connectivity index is 2.67. The van der Waals surface area contributed by atoms with Gasteiger partial charge in [0, 0.05) is 9.58 Å². The molecule has 1 aromatic heterocycles. The van der Waals surface area contributed by atoms with Crippen LogP contribution in [0.15, 0.2) is 24.3 Å². The molecule has 14 heavy (non-hydrogen) atoms. The zero-order chi connectivity index (χ0) is 10.1. The predicted octanol–water partition coefficient (Wildman–Crippen LogP) is 2.20. The van der Waals surface area contributed by atoms with Crippen LogP contribution < -0.4 is 5.73 Å². The van der Waals surface area contributed by atoms with Gasteiger partial charge in [0.15, 0.2) is 0 Å². The van der Waals surface area contributed by atoms with Gasteiger partial charge in [-0.25, -0.2) is 0 Å². The van der Waals surface area contributed by atoms with Gasteiger partial charge in [-0.1, -0.05) is 18.2 Å². The lowest BCUT2D eigenvalue weighted by Gasteiger charge is -2.08. The van der Waals surface area contributed by atoms with E-state index >= 15 is 0 Å². The summed E-state index contributed by atoms with van der Waals surface area (Å²) >= 11 is 1.73. The van der Waals surface area contributed by atoms with Crippen molar-refractivity contribution in [1.29, 1.82) is 0 Å². The first kappa shape index (κ1) is 9.65. The van der Waals surface area contributed by atoms with Crippen molar-refractivity contribution in [3.63, 3.8) is 0 Å². The van der Waals surface area contributed by atoms with E-state index < -0.39 is 0 Å². The predicted molar refractivity (Wildman–Crippen MR) is 60.6 cm³/mol. The molecule has 1 aromatic carbocycles. The Morgan fingerprint density at radius 2 is 2.14 bits per heavy atom. The second-order valence-electron chi connectivity index (χ2n) is 3.36. The number of rotatable bonds is 2. The summed E-state index contributed by atoms with van der Waals surface area (Å²) in [5.74, 6) is 0. The fraction of sp³-hybridized carbons (Fsp3) is 0.273. The highest BCUT2D eigenvalue weighted by atomic mass is 32.1. The van der Waals surface area contributed by atoms with E-state index in [0.29, 0.717) is 0 Å². The van der Waals surface area contributed by atoms with Crippen molar-refractivity contribution in [2.45, 2.75) is 13.0 Å². The molecule has 0 radical (unpaired) electrons. The molecule has 2 aromatic rings. The summed E-state index contributed by atoms with van der Waals surface area (Å²) in [4.78, 5) is 1.20. The molecular formula is C11H13NOS. The topological polar surface area (TPSA) is 46.2 Å². The molecule has 0 bridgehead atoms. The Morgan fingerprint density at radius 3 is 2.86 bits per heavy atom. The van der Waals surface area contributed by atoms with Gasteiger partial charge >= 0.3 is 0 Å². The number of aliphatic hydroxyl groups excluding tert-OH is 1. The van der Waals surface area contributed by atoms with Gasteiger partial charge < -0.3 is 10.8 Å². The van der Waals surface area contributed by atoms with Gasteiger partial charge in [-0.2, -0.15) is 0 Å². The molecule has 2 nitrogen and oxygen atoms in total. The summed E-state index contributed by atoms with van der Waals surface area (Å²) in [6.07, 6.45) is 0. The average molecular weight is 207 g/mol. The van der Waals surface area contributed by atoms with E-state index in [-0.39, 0.29) is 12.6 Å². The van der Waals surface area contributed by atoms with Crippen molar-refractivity contribution in [3.8, 4) is 0 Å². The molecule has 0 amide bonds. The van der Waals surface area contributed by atoms with Crippen LogP contribution in [-0.2, 0) is 0 Å². The Bertz CT molecular complexity index is 449. The summed E-state index contributed by atoms with van der Waals surface area (Å²) < 4.78 is 1.24. The maximum absolute atomic E-state index is 9.07. The zero-order valence-electron chi connectivity index (χ0n) is 8.03. The average Bonchev–Trinajstić information content (AvgIpc) is 2.53. The van der Waals surface area contributed by atoms with Gasteiger partial charge in [0.1, 0.15) is 0 Å². The van der Waals surface area contributed by atoms with Crippen LogP contribution in [0.4, 0.5) is 0 Å². The van der Waals surface area contributed by atoms with Crippen LogP contribution >= 0.6 is 11.3 Å². The molecule has 1 heterocycles. The molecule has 1 unspecified atom stereocenters. The molecule has 74 valence electrons. The fourth-order valence-electron chi connectivity index (χ4n) is 1.74. The van der Waals surface area contributed by atoms with Crippen molar-refractivity contribution in [3.05, 3.63) is 34.7 Å². The second kappa shape index (κ2) is 3.69. The van der Waals surface area contributed by atoms with Crippen molar-refractivity contribution in [2.24, 2.45) is 5.73 Å². The molecule has 3 heteroatoms. The third-order valence-corrected chi connectivity index (χ3v) is 3.49. The quantitative estimate of drug-likeness (QED) is 0.793. The van der Waals surface area contributed by atoms with Crippen LogP contribution in [0.25, 0.3) is 10.1 Å². The fourth-order valence-corrected chi connectivity index (χ4v) is 2.88. The lowest BCUT2D eigenvalue weighted by atomic mass is 10.0. The first-order chi connectivity index (χ1) is 6.74. The minimum absolute atomic E-state index is 0.00156. The lowest BCUT2D eigenvalue weighted by molar-refractivity contribution is 0.268. The minimum Gasteiger partial charge on any atom is -0.394 e. The molecule has 0 aliphatic carbocycles. The molecule has 0 aliphatic heterocycles. The summed E-state index contributed by atoms with van der Waals surface area (Å²) in [7, 11) is 0. The summed E-state index contributed by atoms with van der Waals surface area (Å²) in [5.41, 5.74) is 6.95. The molecular weight excluding hydrogens is 194 g/mol. The van der Waals surface area contributed by atoms with Crippen LogP contribution in [0.2, 0.25) is 0 Å². The standard InChI is InChI=1S/C11H13NOS/c1-7-11(9(12)6-13)8-4-2-3-5-10(8)14-7/h2-5,9,13H,6,12H2,1H3. The Hall–Kier alpha value is -0.900. The van der Waals surface area contributed by atoms with Crippen LogP contribution in [-0.4, -0.2) is 11.7 Å². The van der Waals surface area contributed by atoms with Crippen LogP contribution in [0.3, 0.4) is 0 Å². The Labute approximate surface area is 87.0 Å². The maximum Gasteiger partial charge on any atom is 0.0625 e. The number of benzene rings is 1. The number of hydrogen-bond acceptors (Lipinski definition) is 3. The van der Waals surface area contributed by atoms with Crippen molar-refractivity contribution < 1.29 is 5.11 Å². The van der Waals surface area contributed by atoms with Gasteiger partial charge in [-0.05, 0) is 23.9 Å². The third kappa shape index (κ3) is 1.43. The first-order valence-corrected chi connectivity index (χ1v) is 5.40. The number of aryl methyl sites for hydroxylation is 1. The van der Waals surface area contributed by atoms with E-state index in [4.69, 9.17) is 10.8 Å². The maximum atomic E-state index is 9.07. The SMILES string of the molecule is Cc1sc2ccccc2c1C(N)CO. The molecule has 0 fully saturated rings. The summed E-state index contributed by atoms with van der Waals surface area (Å²) in [6, 6.07) is 7.91. The molecule has 0 spiro atoms. The molecule has 0 saturated carbocycles. The van der Waals surface area contributed by atoms with E-state index in [9.17, 15) is 0 Å². The van der Waals surface area contributed by atoms with Crippen LogP contribution in [0.1, 0.15) is 16.5 Å². The number of hydrogen-bond donors (Lipinski definition) is 2. The summed E-state index contributed by atoms with van der Waals surface area (Å²) in [6.45, 7) is 2.05. The largest absolute Gasteiger partial charge is 0.394 e. The third-order valence-electron chi connectivity index (χ3n) is 2.39. The molecule has 0 saturated heterocycles. The summed E-state index contributed by atoms with van der Waals surface area (Å²) in [5, 5.41) is 10.2. The van der Waals surface area contributed by atoms with Gasteiger partial charge in [0.25, 0.3) is 0 Å². The monoisotopic (exact) mass is 207 g/mol.